The lowest BCUT2D eigenvalue weighted by atomic mass is 10.2. The van der Waals surface area contributed by atoms with Crippen molar-refractivity contribution in [2.75, 3.05) is 0 Å². The zero-order valence-corrected chi connectivity index (χ0v) is 11.4. The number of hydrogen-bond donors (Lipinski definition) is 0. The second kappa shape index (κ2) is 5.61. The molecule has 92 valence electrons. The van der Waals surface area contributed by atoms with Crippen LogP contribution in [0.1, 0.15) is 5.56 Å². The molecule has 0 aliphatic carbocycles. The summed E-state index contributed by atoms with van der Waals surface area (Å²) in [5.74, 6) is 0.0461. The Hall–Kier alpha value is -1.22. The number of rotatable bonds is 2. The van der Waals surface area contributed by atoms with Crippen LogP contribution in [0, 0.1) is 0 Å². The maximum Gasteiger partial charge on any atom is 0.0491 e. The average Bonchev–Trinajstić information content (AvgIpc) is 2.32. The van der Waals surface area contributed by atoms with Gasteiger partial charge in [0.15, 0.2) is 0 Å². The molecule has 2 nitrogen and oxygen atoms in total. The second-order valence-electron chi connectivity index (χ2n) is 3.54. The van der Waals surface area contributed by atoms with Crippen LogP contribution in [0.3, 0.4) is 0 Å². The Morgan fingerprint density at radius 1 is 0.944 bits per heavy atom. The van der Waals surface area contributed by atoms with Crippen LogP contribution in [0.5, 0.6) is 0 Å². The van der Waals surface area contributed by atoms with Crippen molar-refractivity contribution in [2.45, 2.75) is 0 Å². The van der Waals surface area contributed by atoms with E-state index in [4.69, 9.17) is 40.5 Å². The number of hydrogen-bond acceptors (Lipinski definition) is 1. The van der Waals surface area contributed by atoms with Crippen LogP contribution >= 0.6 is 34.8 Å². The van der Waals surface area contributed by atoms with Gasteiger partial charge < -0.3 is 10.7 Å². The highest BCUT2D eigenvalue weighted by Crippen LogP contribution is 2.27. The Morgan fingerprint density at radius 2 is 1.67 bits per heavy atom. The van der Waals surface area contributed by atoms with Gasteiger partial charge in [0.1, 0.15) is 0 Å². The molecular formula is C13H8Cl3N2-. The normalized spacial score (nSPS) is 11.6. The third kappa shape index (κ3) is 2.96. The molecule has 0 saturated carbocycles. The Balaban J connectivity index is 2.42. The van der Waals surface area contributed by atoms with Gasteiger partial charge in [0.25, 0.3) is 0 Å². The van der Waals surface area contributed by atoms with Gasteiger partial charge in [-0.1, -0.05) is 64.9 Å². The molecule has 0 bridgehead atoms. The molecule has 5 heteroatoms. The highest BCUT2D eigenvalue weighted by molar-refractivity contribution is 6.37. The number of halogens is 3. The van der Waals surface area contributed by atoms with E-state index in [-0.39, 0.29) is 5.84 Å². The third-order valence-corrected chi connectivity index (χ3v) is 3.14. The van der Waals surface area contributed by atoms with Gasteiger partial charge in [-0.05, 0) is 29.4 Å². The SMILES string of the molecule is [NH-]C(=Nc1ccccc1Cl)c1ccc(Cl)cc1Cl. The van der Waals surface area contributed by atoms with Crippen molar-refractivity contribution >= 4 is 46.3 Å². The molecule has 18 heavy (non-hydrogen) atoms. The standard InChI is InChI=1S/C13H8Cl3N2/c14-8-5-6-9(11(16)7-8)13(17)18-12-4-2-1-3-10(12)15/h1-7H,(H-,17,18)/q-1. The number of para-hydroxylation sites is 1. The molecule has 0 aromatic heterocycles. The van der Waals surface area contributed by atoms with Crippen molar-refractivity contribution < 1.29 is 0 Å². The van der Waals surface area contributed by atoms with Crippen LogP contribution in [0.15, 0.2) is 47.5 Å². The molecular weight excluding hydrogens is 291 g/mol. The van der Waals surface area contributed by atoms with E-state index in [1.54, 1.807) is 36.4 Å². The molecule has 2 aromatic carbocycles. The predicted molar refractivity (Wildman–Crippen MR) is 78.4 cm³/mol. The molecule has 2 rings (SSSR count). The molecule has 0 amide bonds. The maximum atomic E-state index is 7.92. The van der Waals surface area contributed by atoms with Gasteiger partial charge in [-0.3, -0.25) is 0 Å². The molecule has 0 fully saturated rings. The third-order valence-electron chi connectivity index (χ3n) is 2.27. The van der Waals surface area contributed by atoms with E-state index in [2.05, 4.69) is 4.99 Å². The van der Waals surface area contributed by atoms with Crippen LogP contribution in [-0.2, 0) is 0 Å². The van der Waals surface area contributed by atoms with Crippen LogP contribution in [0.2, 0.25) is 15.1 Å². The average molecular weight is 299 g/mol. The summed E-state index contributed by atoms with van der Waals surface area (Å²) >= 11 is 17.8. The summed E-state index contributed by atoms with van der Waals surface area (Å²) < 4.78 is 0. The summed E-state index contributed by atoms with van der Waals surface area (Å²) in [6, 6.07) is 12.0. The van der Waals surface area contributed by atoms with E-state index in [0.29, 0.717) is 26.3 Å². The van der Waals surface area contributed by atoms with Gasteiger partial charge in [-0.15, -0.1) is 0 Å². The molecule has 0 radical (unpaired) electrons. The first-order valence-electron chi connectivity index (χ1n) is 5.08. The zero-order valence-electron chi connectivity index (χ0n) is 9.12. The Morgan fingerprint density at radius 3 is 2.33 bits per heavy atom. The molecule has 0 heterocycles. The summed E-state index contributed by atoms with van der Waals surface area (Å²) in [5, 5.41) is 1.41. The fraction of sp³-hybridized carbons (Fsp3) is 0. The summed E-state index contributed by atoms with van der Waals surface area (Å²) in [4.78, 5) is 4.14. The van der Waals surface area contributed by atoms with Gasteiger partial charge >= 0.3 is 0 Å². The van der Waals surface area contributed by atoms with E-state index in [9.17, 15) is 0 Å². The van der Waals surface area contributed by atoms with Crippen molar-refractivity contribution in [1.29, 1.82) is 0 Å². The number of aliphatic imine (C=N–C) groups is 1. The first kappa shape index (κ1) is 13.2. The maximum absolute atomic E-state index is 7.92. The fourth-order valence-electron chi connectivity index (χ4n) is 1.40. The summed E-state index contributed by atoms with van der Waals surface area (Å²) in [5.41, 5.74) is 8.97. The molecule has 1 N–H and O–H groups in total. The molecule has 0 saturated heterocycles. The topological polar surface area (TPSA) is 36.2 Å². The van der Waals surface area contributed by atoms with Crippen molar-refractivity contribution in [3.8, 4) is 0 Å². The molecule has 2 aromatic rings. The zero-order chi connectivity index (χ0) is 13.1. The Bertz CT molecular complexity index is 609. The summed E-state index contributed by atoms with van der Waals surface area (Å²) in [6.07, 6.45) is 0. The first-order valence-corrected chi connectivity index (χ1v) is 6.21. The first-order chi connectivity index (χ1) is 8.58. The van der Waals surface area contributed by atoms with E-state index >= 15 is 0 Å². The van der Waals surface area contributed by atoms with Gasteiger partial charge in [0.05, 0.1) is 0 Å². The molecule has 0 spiro atoms. The number of amidine groups is 1. The summed E-state index contributed by atoms with van der Waals surface area (Å²) in [6.45, 7) is 0. The van der Waals surface area contributed by atoms with E-state index in [0.717, 1.165) is 0 Å². The van der Waals surface area contributed by atoms with Gasteiger partial charge in [-0.2, -0.15) is 0 Å². The van der Waals surface area contributed by atoms with Crippen molar-refractivity contribution in [3.63, 3.8) is 0 Å². The van der Waals surface area contributed by atoms with E-state index in [1.165, 1.54) is 0 Å². The Kier molecular flexibility index (Phi) is 4.12. The van der Waals surface area contributed by atoms with Crippen LogP contribution in [-0.4, -0.2) is 5.84 Å². The van der Waals surface area contributed by atoms with Crippen LogP contribution in [0.4, 0.5) is 5.69 Å². The predicted octanol–water partition coefficient (Wildman–Crippen LogP) is 5.78. The molecule has 0 unspecified atom stereocenters. The molecule has 0 aliphatic rings. The fourth-order valence-corrected chi connectivity index (χ4v) is 2.08. The highest BCUT2D eigenvalue weighted by atomic mass is 35.5. The number of benzene rings is 2. The van der Waals surface area contributed by atoms with Gasteiger partial charge in [0.2, 0.25) is 0 Å². The van der Waals surface area contributed by atoms with Gasteiger partial charge in [-0.25, -0.2) is 0 Å². The van der Waals surface area contributed by atoms with Crippen LogP contribution in [0.25, 0.3) is 5.73 Å². The highest BCUT2D eigenvalue weighted by Gasteiger charge is 2.00. The van der Waals surface area contributed by atoms with E-state index < -0.39 is 0 Å². The smallest absolute Gasteiger partial charge is 0.0491 e. The number of nitrogens with zero attached hydrogens (tertiary/aromatic N) is 1. The van der Waals surface area contributed by atoms with Crippen LogP contribution < -0.4 is 0 Å². The lowest BCUT2D eigenvalue weighted by Gasteiger charge is -2.13. The lowest BCUT2D eigenvalue weighted by Crippen LogP contribution is -1.94. The molecule has 0 atom stereocenters. The lowest BCUT2D eigenvalue weighted by molar-refractivity contribution is 1.50. The largest absolute Gasteiger partial charge is 0.482 e. The minimum atomic E-state index is 0.0461. The summed E-state index contributed by atoms with van der Waals surface area (Å²) in [7, 11) is 0. The Labute approximate surface area is 120 Å². The van der Waals surface area contributed by atoms with Crippen molar-refractivity contribution in [1.82, 2.24) is 0 Å². The monoisotopic (exact) mass is 297 g/mol. The second-order valence-corrected chi connectivity index (χ2v) is 4.79. The minimum absolute atomic E-state index is 0.0461. The number of nitrogens with one attached hydrogen (secondary N) is 1. The van der Waals surface area contributed by atoms with Crippen molar-refractivity contribution in [3.05, 3.63) is 68.8 Å². The van der Waals surface area contributed by atoms with Crippen molar-refractivity contribution in [2.24, 2.45) is 4.99 Å². The quantitative estimate of drug-likeness (QED) is 0.498. The van der Waals surface area contributed by atoms with E-state index in [1.807, 2.05) is 6.07 Å². The minimum Gasteiger partial charge on any atom is -0.482 e. The molecule has 0 aliphatic heterocycles. The van der Waals surface area contributed by atoms with Gasteiger partial charge in [0, 0.05) is 15.1 Å².